The van der Waals surface area contributed by atoms with E-state index < -0.39 is 12.6 Å². The van der Waals surface area contributed by atoms with Gasteiger partial charge in [0.1, 0.15) is 0 Å². The number of aldehydes is 1. The third kappa shape index (κ3) is 3.31. The van der Waals surface area contributed by atoms with Crippen LogP contribution in [0, 0.1) is 0 Å². The normalized spacial score (nSPS) is 11.6. The summed E-state index contributed by atoms with van der Waals surface area (Å²) in [4.78, 5) is 10.2. The van der Waals surface area contributed by atoms with E-state index in [1.807, 2.05) is 0 Å². The van der Waals surface area contributed by atoms with Crippen LogP contribution < -0.4 is 0 Å². The quantitative estimate of drug-likeness (QED) is 0.671. The Kier molecular flexibility index (Phi) is 2.75. The fourth-order valence-electron chi connectivity index (χ4n) is 0.924. The molecule has 5 heteroatoms. The lowest BCUT2D eigenvalue weighted by Gasteiger charge is -2.06. The van der Waals surface area contributed by atoms with Crippen molar-refractivity contribution in [2.45, 2.75) is 19.1 Å². The van der Waals surface area contributed by atoms with Crippen molar-refractivity contribution < 1.29 is 18.0 Å². The highest BCUT2D eigenvalue weighted by molar-refractivity contribution is 5.74. The van der Waals surface area contributed by atoms with Crippen LogP contribution in [0.5, 0.6) is 0 Å². The van der Waals surface area contributed by atoms with Gasteiger partial charge in [-0.05, 0) is 6.07 Å². The molecule has 0 aliphatic heterocycles. The average Bonchev–Trinajstić information content (AvgIpc) is 2.47. The zero-order chi connectivity index (χ0) is 9.90. The molecule has 0 radical (unpaired) electrons. The van der Waals surface area contributed by atoms with Crippen LogP contribution in [0.1, 0.15) is 16.8 Å². The first-order valence-corrected chi connectivity index (χ1v) is 3.69. The molecule has 0 unspecified atom stereocenters. The van der Waals surface area contributed by atoms with Crippen molar-refractivity contribution in [3.05, 3.63) is 24.0 Å². The van der Waals surface area contributed by atoms with Gasteiger partial charge in [-0.2, -0.15) is 13.2 Å². The summed E-state index contributed by atoms with van der Waals surface area (Å²) in [7, 11) is 0. The molecular formula is C8H8F3NO. The zero-order valence-corrected chi connectivity index (χ0v) is 6.71. The largest absolute Gasteiger partial charge is 0.390 e. The monoisotopic (exact) mass is 191 g/mol. The topological polar surface area (TPSA) is 22.0 Å². The summed E-state index contributed by atoms with van der Waals surface area (Å²) in [5, 5.41) is 0. The molecule has 0 saturated heterocycles. The molecule has 0 aliphatic carbocycles. The molecule has 1 rings (SSSR count). The van der Waals surface area contributed by atoms with Gasteiger partial charge in [-0.15, -0.1) is 0 Å². The molecule has 0 amide bonds. The zero-order valence-electron chi connectivity index (χ0n) is 6.71. The first kappa shape index (κ1) is 9.83. The molecule has 0 saturated carbocycles. The minimum Gasteiger partial charge on any atom is -0.353 e. The van der Waals surface area contributed by atoms with Crippen molar-refractivity contribution in [1.29, 1.82) is 0 Å². The third-order valence-corrected chi connectivity index (χ3v) is 1.56. The summed E-state index contributed by atoms with van der Waals surface area (Å²) in [6, 6.07) is 1.48. The third-order valence-electron chi connectivity index (χ3n) is 1.56. The van der Waals surface area contributed by atoms with E-state index in [9.17, 15) is 18.0 Å². The number of alkyl halides is 3. The number of carbonyl (C=O) groups is 1. The molecule has 0 bridgehead atoms. The highest BCUT2D eigenvalue weighted by Crippen LogP contribution is 2.20. The predicted molar refractivity (Wildman–Crippen MR) is 40.5 cm³/mol. The molecule has 72 valence electrons. The number of halogens is 3. The molecule has 1 aromatic rings. The van der Waals surface area contributed by atoms with Gasteiger partial charge >= 0.3 is 6.18 Å². The Morgan fingerprint density at radius 2 is 2.15 bits per heavy atom. The maximum absolute atomic E-state index is 11.7. The van der Waals surface area contributed by atoms with Crippen LogP contribution in [0.15, 0.2) is 18.5 Å². The molecule has 2 nitrogen and oxygen atoms in total. The molecule has 0 N–H and O–H groups in total. The second kappa shape index (κ2) is 3.64. The Labute approximate surface area is 73.0 Å². The first-order valence-electron chi connectivity index (χ1n) is 3.69. The maximum Gasteiger partial charge on any atom is 0.390 e. The van der Waals surface area contributed by atoms with Crippen molar-refractivity contribution in [2.75, 3.05) is 0 Å². The molecule has 0 aliphatic rings. The van der Waals surface area contributed by atoms with E-state index in [1.54, 1.807) is 0 Å². The lowest BCUT2D eigenvalue weighted by molar-refractivity contribution is -0.136. The maximum atomic E-state index is 11.7. The van der Waals surface area contributed by atoms with Crippen LogP contribution >= 0.6 is 0 Å². The minimum atomic E-state index is -4.15. The Morgan fingerprint density at radius 3 is 2.62 bits per heavy atom. The van der Waals surface area contributed by atoms with Crippen molar-refractivity contribution in [1.82, 2.24) is 4.57 Å². The average molecular weight is 191 g/mol. The highest BCUT2D eigenvalue weighted by Gasteiger charge is 2.26. The lowest BCUT2D eigenvalue weighted by atomic mass is 10.4. The molecule has 1 heterocycles. The van der Waals surface area contributed by atoms with Crippen LogP contribution in [0.2, 0.25) is 0 Å². The number of aromatic nitrogens is 1. The van der Waals surface area contributed by atoms with E-state index in [0.29, 0.717) is 11.8 Å². The van der Waals surface area contributed by atoms with Crippen molar-refractivity contribution in [3.8, 4) is 0 Å². The molecule has 0 atom stereocenters. The standard InChI is InChI=1S/C8H8F3NO/c9-8(10,11)2-4-12-3-1-7(5-12)6-13/h1,3,5-6H,2,4H2. The van der Waals surface area contributed by atoms with Crippen LogP contribution in [-0.2, 0) is 6.54 Å². The molecule has 0 spiro atoms. The van der Waals surface area contributed by atoms with E-state index in [2.05, 4.69) is 0 Å². The van der Waals surface area contributed by atoms with Gasteiger partial charge in [-0.25, -0.2) is 0 Å². The summed E-state index contributed by atoms with van der Waals surface area (Å²) < 4.78 is 36.6. The summed E-state index contributed by atoms with van der Waals surface area (Å²) in [6.45, 7) is -0.142. The number of hydrogen-bond acceptors (Lipinski definition) is 1. The second-order valence-corrected chi connectivity index (χ2v) is 2.67. The molecule has 0 fully saturated rings. The smallest absolute Gasteiger partial charge is 0.353 e. The second-order valence-electron chi connectivity index (χ2n) is 2.67. The Balaban J connectivity index is 2.50. The molecule has 0 aromatic carbocycles. The molecule has 1 aromatic heterocycles. The minimum absolute atomic E-state index is 0.142. The van der Waals surface area contributed by atoms with Gasteiger partial charge in [0.15, 0.2) is 6.29 Å². The van der Waals surface area contributed by atoms with Crippen LogP contribution in [-0.4, -0.2) is 17.0 Å². The fraction of sp³-hybridized carbons (Fsp3) is 0.375. The lowest BCUT2D eigenvalue weighted by Crippen LogP contribution is -2.11. The SMILES string of the molecule is O=Cc1ccn(CCC(F)(F)F)c1. The summed E-state index contributed by atoms with van der Waals surface area (Å²) in [6.07, 6.45) is -1.58. The summed E-state index contributed by atoms with van der Waals surface area (Å²) in [5.74, 6) is 0. The molecular weight excluding hydrogens is 183 g/mol. The van der Waals surface area contributed by atoms with Gasteiger partial charge in [0, 0.05) is 24.5 Å². The number of aryl methyl sites for hydroxylation is 1. The Bertz CT molecular complexity index is 290. The highest BCUT2D eigenvalue weighted by atomic mass is 19.4. The Morgan fingerprint density at radius 1 is 1.46 bits per heavy atom. The number of rotatable bonds is 3. The van der Waals surface area contributed by atoms with Crippen LogP contribution in [0.25, 0.3) is 0 Å². The van der Waals surface area contributed by atoms with Gasteiger partial charge in [0.25, 0.3) is 0 Å². The van der Waals surface area contributed by atoms with Crippen LogP contribution in [0.3, 0.4) is 0 Å². The Hall–Kier alpha value is -1.26. The molecule has 13 heavy (non-hydrogen) atoms. The van der Waals surface area contributed by atoms with Gasteiger partial charge < -0.3 is 4.57 Å². The van der Waals surface area contributed by atoms with E-state index in [-0.39, 0.29) is 6.54 Å². The van der Waals surface area contributed by atoms with E-state index in [1.165, 1.54) is 23.0 Å². The summed E-state index contributed by atoms with van der Waals surface area (Å²) >= 11 is 0. The first-order chi connectivity index (χ1) is 6.01. The van der Waals surface area contributed by atoms with E-state index >= 15 is 0 Å². The number of nitrogens with zero attached hydrogens (tertiary/aromatic N) is 1. The predicted octanol–water partition coefficient (Wildman–Crippen LogP) is 2.25. The van der Waals surface area contributed by atoms with Crippen molar-refractivity contribution in [3.63, 3.8) is 0 Å². The van der Waals surface area contributed by atoms with Crippen molar-refractivity contribution >= 4 is 6.29 Å². The van der Waals surface area contributed by atoms with Gasteiger partial charge in [0.05, 0.1) is 6.42 Å². The van der Waals surface area contributed by atoms with E-state index in [0.717, 1.165) is 0 Å². The summed E-state index contributed by atoms with van der Waals surface area (Å²) in [5.41, 5.74) is 0.391. The van der Waals surface area contributed by atoms with E-state index in [4.69, 9.17) is 0 Å². The van der Waals surface area contributed by atoms with Crippen molar-refractivity contribution in [2.24, 2.45) is 0 Å². The van der Waals surface area contributed by atoms with Gasteiger partial charge in [-0.3, -0.25) is 4.79 Å². The number of hydrogen-bond donors (Lipinski definition) is 0. The van der Waals surface area contributed by atoms with Gasteiger partial charge in [0.2, 0.25) is 0 Å². The van der Waals surface area contributed by atoms with Crippen LogP contribution in [0.4, 0.5) is 13.2 Å². The van der Waals surface area contributed by atoms with Gasteiger partial charge in [-0.1, -0.05) is 0 Å². The fourth-order valence-corrected chi connectivity index (χ4v) is 0.924. The number of carbonyl (C=O) groups excluding carboxylic acids is 1.